The third-order valence-electron chi connectivity index (χ3n) is 5.33. The highest BCUT2D eigenvalue weighted by atomic mass is 16.6. The molecule has 5 heterocycles. The number of aromatic amines is 1. The van der Waals surface area contributed by atoms with E-state index in [4.69, 9.17) is 9.84 Å². The summed E-state index contributed by atoms with van der Waals surface area (Å²) in [6, 6.07) is 6.28. The van der Waals surface area contributed by atoms with Crippen molar-refractivity contribution in [2.75, 3.05) is 19.7 Å². The average Bonchev–Trinajstić information content (AvgIpc) is 3.26. The molecule has 1 spiro atoms. The number of nitrogens with one attached hydrogen (secondary N) is 1. The number of ether oxygens (including phenoxy) is 1. The Balaban J connectivity index is 1.43. The molecule has 1 fully saturated rings. The minimum Gasteiger partial charge on any atom is -0.450 e. The maximum absolute atomic E-state index is 11.9. The summed E-state index contributed by atoms with van der Waals surface area (Å²) in [5, 5.41) is 5.85. The molecular formula is C18H19N5O2. The molecule has 0 aromatic carbocycles. The molecule has 1 saturated heterocycles. The lowest BCUT2D eigenvalue weighted by Gasteiger charge is -2.46. The van der Waals surface area contributed by atoms with Crippen LogP contribution in [0.3, 0.4) is 0 Å². The number of carbonyl (C=O) groups excluding carboxylic acids is 1. The van der Waals surface area contributed by atoms with Crippen molar-refractivity contribution in [1.82, 2.24) is 24.6 Å². The molecule has 2 aliphatic heterocycles. The number of nitrogens with zero attached hydrogens (tertiary/aromatic N) is 4. The minimum absolute atomic E-state index is 0.0314. The fraction of sp³-hybridized carbons (Fsp3) is 0.389. The second kappa shape index (κ2) is 5.08. The standard InChI is InChI=1S/C18H19N5O2/c1-2-25-17(24)22-10-18(11-22)4-6-23-15(18)8-14(21-23)13-7-12-3-5-19-16(12)20-9-13/h3,5,7-9H,2,4,6,10-11H2,1H3,(H,19,20). The Bertz CT molecular complexity index is 967. The highest BCUT2D eigenvalue weighted by molar-refractivity contribution is 5.80. The number of aromatic nitrogens is 4. The van der Waals surface area contributed by atoms with Crippen molar-refractivity contribution in [2.24, 2.45) is 0 Å². The summed E-state index contributed by atoms with van der Waals surface area (Å²) in [7, 11) is 0. The lowest BCUT2D eigenvalue weighted by Crippen LogP contribution is -2.60. The molecule has 0 saturated carbocycles. The zero-order chi connectivity index (χ0) is 17.0. The van der Waals surface area contributed by atoms with Gasteiger partial charge in [-0.1, -0.05) is 0 Å². The van der Waals surface area contributed by atoms with Crippen LogP contribution in [0, 0.1) is 0 Å². The second-order valence-corrected chi connectivity index (χ2v) is 6.86. The number of carbonyl (C=O) groups is 1. The van der Waals surface area contributed by atoms with Gasteiger partial charge in [0.2, 0.25) is 0 Å². The molecule has 7 nitrogen and oxygen atoms in total. The molecular weight excluding hydrogens is 318 g/mol. The quantitative estimate of drug-likeness (QED) is 0.780. The van der Waals surface area contributed by atoms with Gasteiger partial charge in [-0.05, 0) is 31.5 Å². The first kappa shape index (κ1) is 14.5. The lowest BCUT2D eigenvalue weighted by molar-refractivity contribution is 0.0399. The van der Waals surface area contributed by atoms with Gasteiger partial charge in [-0.25, -0.2) is 9.78 Å². The normalized spacial score (nSPS) is 17.7. The average molecular weight is 337 g/mol. The molecule has 5 rings (SSSR count). The largest absolute Gasteiger partial charge is 0.450 e. The highest BCUT2D eigenvalue weighted by Crippen LogP contribution is 2.44. The molecule has 7 heteroatoms. The van der Waals surface area contributed by atoms with Crippen molar-refractivity contribution in [3.63, 3.8) is 0 Å². The van der Waals surface area contributed by atoms with Gasteiger partial charge in [0.1, 0.15) is 5.65 Å². The van der Waals surface area contributed by atoms with E-state index in [9.17, 15) is 4.79 Å². The first-order valence-corrected chi connectivity index (χ1v) is 8.62. The van der Waals surface area contributed by atoms with Gasteiger partial charge >= 0.3 is 6.09 Å². The molecule has 3 aromatic heterocycles. The first-order valence-electron chi connectivity index (χ1n) is 8.62. The SMILES string of the molecule is CCOC(=O)N1CC2(CCn3nc(-c4cnc5[nH]ccc5c4)cc32)C1. The van der Waals surface area contributed by atoms with Crippen LogP contribution in [0.15, 0.2) is 30.6 Å². The Kier molecular flexibility index (Phi) is 2.95. The number of fused-ring (bicyclic) bond motifs is 3. The van der Waals surface area contributed by atoms with E-state index >= 15 is 0 Å². The molecule has 3 aromatic rings. The predicted octanol–water partition coefficient (Wildman–Crippen LogP) is 2.54. The van der Waals surface area contributed by atoms with Crippen LogP contribution in [0.5, 0.6) is 0 Å². The third-order valence-corrected chi connectivity index (χ3v) is 5.33. The van der Waals surface area contributed by atoms with E-state index in [0.29, 0.717) is 19.7 Å². The van der Waals surface area contributed by atoms with Crippen molar-refractivity contribution in [3.05, 3.63) is 36.3 Å². The number of hydrogen-bond acceptors (Lipinski definition) is 4. The molecule has 1 amide bonds. The van der Waals surface area contributed by atoms with Crippen LogP contribution >= 0.6 is 0 Å². The maximum atomic E-state index is 11.9. The third kappa shape index (κ3) is 2.08. The van der Waals surface area contributed by atoms with Gasteiger partial charge in [-0.15, -0.1) is 0 Å². The van der Waals surface area contributed by atoms with E-state index in [0.717, 1.165) is 35.3 Å². The van der Waals surface area contributed by atoms with Crippen molar-refractivity contribution < 1.29 is 9.53 Å². The van der Waals surface area contributed by atoms with Crippen LogP contribution in [0.2, 0.25) is 0 Å². The first-order chi connectivity index (χ1) is 12.2. The van der Waals surface area contributed by atoms with E-state index in [1.807, 2.05) is 25.4 Å². The molecule has 1 N–H and O–H groups in total. The van der Waals surface area contributed by atoms with E-state index < -0.39 is 0 Å². The van der Waals surface area contributed by atoms with Gasteiger partial charge in [0, 0.05) is 54.1 Å². The summed E-state index contributed by atoms with van der Waals surface area (Å²) >= 11 is 0. The Labute approximate surface area is 144 Å². The summed E-state index contributed by atoms with van der Waals surface area (Å²) < 4.78 is 7.18. The van der Waals surface area contributed by atoms with Gasteiger partial charge in [0.15, 0.2) is 0 Å². The second-order valence-electron chi connectivity index (χ2n) is 6.86. The molecule has 0 unspecified atom stereocenters. The van der Waals surface area contributed by atoms with Crippen molar-refractivity contribution in [1.29, 1.82) is 0 Å². The molecule has 128 valence electrons. The van der Waals surface area contributed by atoms with Gasteiger partial charge < -0.3 is 14.6 Å². The Morgan fingerprint density at radius 3 is 3.12 bits per heavy atom. The number of hydrogen-bond donors (Lipinski definition) is 1. The molecule has 0 atom stereocenters. The number of likely N-dealkylation sites (tertiary alicyclic amines) is 1. The van der Waals surface area contributed by atoms with Crippen molar-refractivity contribution in [3.8, 4) is 11.3 Å². The molecule has 25 heavy (non-hydrogen) atoms. The van der Waals surface area contributed by atoms with E-state index in [2.05, 4.69) is 26.8 Å². The zero-order valence-electron chi connectivity index (χ0n) is 14.0. The summed E-state index contributed by atoms with van der Waals surface area (Å²) in [5.74, 6) is 0. The van der Waals surface area contributed by atoms with Gasteiger partial charge in [-0.3, -0.25) is 4.68 Å². The highest BCUT2D eigenvalue weighted by Gasteiger charge is 2.51. The minimum atomic E-state index is -0.214. The summed E-state index contributed by atoms with van der Waals surface area (Å²) in [4.78, 5) is 21.2. The molecule has 0 radical (unpaired) electrons. The smallest absolute Gasteiger partial charge is 0.409 e. The fourth-order valence-corrected chi connectivity index (χ4v) is 4.03. The van der Waals surface area contributed by atoms with Crippen LogP contribution in [0.4, 0.5) is 4.79 Å². The topological polar surface area (TPSA) is 76.0 Å². The van der Waals surface area contributed by atoms with Gasteiger partial charge in [0.25, 0.3) is 0 Å². The van der Waals surface area contributed by atoms with Crippen LogP contribution in [-0.2, 0) is 16.7 Å². The summed E-state index contributed by atoms with van der Waals surface area (Å²) in [5.41, 5.74) is 4.10. The number of H-pyrrole nitrogens is 1. The maximum Gasteiger partial charge on any atom is 0.409 e. The monoisotopic (exact) mass is 337 g/mol. The Hall–Kier alpha value is -2.83. The van der Waals surface area contributed by atoms with Gasteiger partial charge in [0.05, 0.1) is 12.3 Å². The number of pyridine rings is 1. The Morgan fingerprint density at radius 2 is 2.28 bits per heavy atom. The van der Waals surface area contributed by atoms with Crippen molar-refractivity contribution >= 4 is 17.1 Å². The van der Waals surface area contributed by atoms with E-state index in [1.165, 1.54) is 5.69 Å². The molecule has 0 aliphatic carbocycles. The lowest BCUT2D eigenvalue weighted by atomic mass is 9.76. The van der Waals surface area contributed by atoms with Crippen molar-refractivity contribution in [2.45, 2.75) is 25.3 Å². The Morgan fingerprint density at radius 1 is 1.40 bits per heavy atom. The van der Waals surface area contributed by atoms with E-state index in [1.54, 1.807) is 4.90 Å². The number of aryl methyl sites for hydroxylation is 1. The van der Waals surface area contributed by atoms with Crippen LogP contribution in [0.1, 0.15) is 19.0 Å². The molecule has 0 bridgehead atoms. The summed E-state index contributed by atoms with van der Waals surface area (Å²) in [6.45, 7) is 4.57. The van der Waals surface area contributed by atoms with Gasteiger partial charge in [-0.2, -0.15) is 5.10 Å². The fourth-order valence-electron chi connectivity index (χ4n) is 4.03. The van der Waals surface area contributed by atoms with E-state index in [-0.39, 0.29) is 11.5 Å². The number of rotatable bonds is 2. The summed E-state index contributed by atoms with van der Waals surface area (Å²) in [6.07, 6.45) is 4.56. The van der Waals surface area contributed by atoms with Crippen LogP contribution in [0.25, 0.3) is 22.3 Å². The molecule has 2 aliphatic rings. The van der Waals surface area contributed by atoms with Crippen LogP contribution in [-0.4, -0.2) is 50.4 Å². The zero-order valence-corrected chi connectivity index (χ0v) is 14.0. The van der Waals surface area contributed by atoms with Crippen LogP contribution < -0.4 is 0 Å². The number of amides is 1. The predicted molar refractivity (Wildman–Crippen MR) is 92.2 cm³/mol.